The van der Waals surface area contributed by atoms with Gasteiger partial charge in [-0.2, -0.15) is 5.26 Å². The maximum atomic E-state index is 8.76. The van der Waals surface area contributed by atoms with E-state index in [2.05, 4.69) is 11.1 Å². The average molecular weight is 289 g/mol. The number of nitrogens with zero attached hydrogens (tertiary/aromatic N) is 2. The summed E-state index contributed by atoms with van der Waals surface area (Å²) in [5.74, 6) is 0.448. The van der Waals surface area contributed by atoms with E-state index in [1.165, 1.54) is 0 Å². The molecule has 0 unspecified atom stereocenters. The van der Waals surface area contributed by atoms with Crippen LogP contribution in [0.2, 0.25) is 10.0 Å². The van der Waals surface area contributed by atoms with Crippen LogP contribution in [-0.4, -0.2) is 4.98 Å². The summed E-state index contributed by atoms with van der Waals surface area (Å²) in [6, 6.07) is 12.3. The van der Waals surface area contributed by atoms with Crippen molar-refractivity contribution in [2.45, 2.75) is 0 Å². The number of hydrogen-bond donors (Lipinski definition) is 0. The number of nitriles is 1. The van der Waals surface area contributed by atoms with Crippen LogP contribution in [0.15, 0.2) is 40.8 Å². The summed E-state index contributed by atoms with van der Waals surface area (Å²) in [7, 11) is 0. The normalized spacial score (nSPS) is 10.6. The number of rotatable bonds is 1. The highest BCUT2D eigenvalue weighted by Crippen LogP contribution is 2.31. The first kappa shape index (κ1) is 12.0. The van der Waals surface area contributed by atoms with Crippen LogP contribution in [-0.2, 0) is 0 Å². The lowest BCUT2D eigenvalue weighted by Crippen LogP contribution is -1.78. The second-order valence-electron chi connectivity index (χ2n) is 3.94. The lowest BCUT2D eigenvalue weighted by Gasteiger charge is -1.94. The molecule has 5 heteroatoms. The van der Waals surface area contributed by atoms with Crippen LogP contribution in [0, 0.1) is 11.3 Å². The molecule has 1 aromatic heterocycles. The molecule has 0 atom stereocenters. The van der Waals surface area contributed by atoms with Gasteiger partial charge in [-0.1, -0.05) is 23.2 Å². The molecule has 0 aliphatic carbocycles. The smallest absolute Gasteiger partial charge is 0.227 e. The van der Waals surface area contributed by atoms with Gasteiger partial charge in [0, 0.05) is 10.6 Å². The maximum Gasteiger partial charge on any atom is 0.227 e. The summed E-state index contributed by atoms with van der Waals surface area (Å²) in [5.41, 5.74) is 2.48. The molecule has 0 bridgehead atoms. The summed E-state index contributed by atoms with van der Waals surface area (Å²) >= 11 is 12.0. The zero-order chi connectivity index (χ0) is 13.4. The zero-order valence-electron chi connectivity index (χ0n) is 9.52. The third kappa shape index (κ3) is 2.17. The molecular formula is C14H6Cl2N2O. The van der Waals surface area contributed by atoms with Gasteiger partial charge in [-0.15, -0.1) is 0 Å². The van der Waals surface area contributed by atoms with E-state index in [1.54, 1.807) is 36.4 Å². The van der Waals surface area contributed by atoms with Gasteiger partial charge in [0.05, 0.1) is 16.7 Å². The van der Waals surface area contributed by atoms with E-state index in [0.29, 0.717) is 32.6 Å². The fourth-order valence-electron chi connectivity index (χ4n) is 1.77. The van der Waals surface area contributed by atoms with Crippen molar-refractivity contribution in [3.05, 3.63) is 52.0 Å². The monoisotopic (exact) mass is 288 g/mol. The molecule has 0 aliphatic rings. The molecule has 19 heavy (non-hydrogen) atoms. The molecule has 3 nitrogen and oxygen atoms in total. The molecule has 0 aliphatic heterocycles. The van der Waals surface area contributed by atoms with E-state index in [0.717, 1.165) is 5.56 Å². The fraction of sp³-hybridized carbons (Fsp3) is 0. The maximum absolute atomic E-state index is 8.76. The van der Waals surface area contributed by atoms with E-state index in [-0.39, 0.29) is 0 Å². The largest absolute Gasteiger partial charge is 0.435 e. The van der Waals surface area contributed by atoms with Crippen LogP contribution < -0.4 is 0 Å². The van der Waals surface area contributed by atoms with Crippen molar-refractivity contribution in [2.24, 2.45) is 0 Å². The van der Waals surface area contributed by atoms with Crippen molar-refractivity contribution in [1.82, 2.24) is 4.98 Å². The zero-order valence-corrected chi connectivity index (χ0v) is 11.0. The first-order valence-corrected chi connectivity index (χ1v) is 6.19. The van der Waals surface area contributed by atoms with Crippen LogP contribution in [0.25, 0.3) is 22.6 Å². The van der Waals surface area contributed by atoms with E-state index >= 15 is 0 Å². The first-order valence-electron chi connectivity index (χ1n) is 5.43. The van der Waals surface area contributed by atoms with Crippen molar-refractivity contribution in [3.63, 3.8) is 0 Å². The number of hydrogen-bond acceptors (Lipinski definition) is 3. The Kier molecular flexibility index (Phi) is 2.90. The molecule has 0 fully saturated rings. The van der Waals surface area contributed by atoms with Crippen molar-refractivity contribution >= 4 is 34.3 Å². The molecular weight excluding hydrogens is 283 g/mol. The fourth-order valence-corrected chi connectivity index (χ4v) is 2.29. The number of aromatic nitrogens is 1. The summed E-state index contributed by atoms with van der Waals surface area (Å²) in [6.45, 7) is 0. The van der Waals surface area contributed by atoms with Crippen LogP contribution in [0.5, 0.6) is 0 Å². The minimum Gasteiger partial charge on any atom is -0.435 e. The summed E-state index contributed by atoms with van der Waals surface area (Å²) in [6.07, 6.45) is 0. The van der Waals surface area contributed by atoms with Crippen LogP contribution in [0.4, 0.5) is 0 Å². The minimum absolute atomic E-state index is 0.426. The topological polar surface area (TPSA) is 49.8 Å². The highest BCUT2D eigenvalue weighted by Gasteiger charge is 2.12. The molecule has 0 N–H and O–H groups in total. The Morgan fingerprint density at radius 2 is 1.84 bits per heavy atom. The summed E-state index contributed by atoms with van der Waals surface area (Å²) < 4.78 is 5.63. The van der Waals surface area contributed by atoms with Gasteiger partial charge in [0.15, 0.2) is 5.58 Å². The van der Waals surface area contributed by atoms with E-state index in [9.17, 15) is 0 Å². The number of fused-ring (bicyclic) bond motifs is 1. The van der Waals surface area contributed by atoms with Crippen molar-refractivity contribution in [1.29, 1.82) is 5.26 Å². The second-order valence-corrected chi connectivity index (χ2v) is 4.79. The minimum atomic E-state index is 0.426. The van der Waals surface area contributed by atoms with E-state index < -0.39 is 0 Å². The van der Waals surface area contributed by atoms with Gasteiger partial charge < -0.3 is 4.42 Å². The number of halogens is 2. The first-order chi connectivity index (χ1) is 9.17. The van der Waals surface area contributed by atoms with Crippen LogP contribution in [0.3, 0.4) is 0 Å². The molecule has 3 aromatic rings. The SMILES string of the molecule is N#Cc1ccc(-c2nc3cc(Cl)cc(Cl)c3o2)cc1. The Bertz CT molecular complexity index is 801. The van der Waals surface area contributed by atoms with Gasteiger partial charge in [0.1, 0.15) is 5.52 Å². The lowest BCUT2D eigenvalue weighted by atomic mass is 10.1. The van der Waals surface area contributed by atoms with Gasteiger partial charge >= 0.3 is 0 Å². The predicted octanol–water partition coefficient (Wildman–Crippen LogP) is 4.67. The third-order valence-electron chi connectivity index (χ3n) is 2.67. The molecule has 0 amide bonds. The molecule has 0 radical (unpaired) electrons. The lowest BCUT2D eigenvalue weighted by molar-refractivity contribution is 0.620. The Balaban J connectivity index is 2.15. The van der Waals surface area contributed by atoms with Crippen molar-refractivity contribution in [2.75, 3.05) is 0 Å². The Morgan fingerprint density at radius 1 is 1.11 bits per heavy atom. The predicted molar refractivity (Wildman–Crippen MR) is 74.2 cm³/mol. The number of oxazole rings is 1. The van der Waals surface area contributed by atoms with Gasteiger partial charge in [-0.25, -0.2) is 4.98 Å². The quantitative estimate of drug-likeness (QED) is 0.654. The molecule has 0 spiro atoms. The molecule has 3 rings (SSSR count). The standard InChI is InChI=1S/C14H6Cl2N2O/c15-10-5-11(16)13-12(6-10)18-14(19-13)9-3-1-8(7-17)2-4-9/h1-6H. The van der Waals surface area contributed by atoms with Gasteiger partial charge in [0.2, 0.25) is 5.89 Å². The summed E-state index contributed by atoms with van der Waals surface area (Å²) in [5, 5.41) is 9.70. The highest BCUT2D eigenvalue weighted by atomic mass is 35.5. The third-order valence-corrected chi connectivity index (χ3v) is 3.17. The highest BCUT2D eigenvalue weighted by molar-refractivity contribution is 6.38. The van der Waals surface area contributed by atoms with Gasteiger partial charge in [-0.3, -0.25) is 0 Å². The van der Waals surface area contributed by atoms with Crippen LogP contribution in [0.1, 0.15) is 5.56 Å². The molecule has 0 saturated heterocycles. The molecule has 0 saturated carbocycles. The average Bonchev–Trinajstić information content (AvgIpc) is 2.83. The van der Waals surface area contributed by atoms with Crippen LogP contribution >= 0.6 is 23.2 Å². The van der Waals surface area contributed by atoms with Gasteiger partial charge in [-0.05, 0) is 36.4 Å². The Labute approximate surface area is 119 Å². The Morgan fingerprint density at radius 3 is 2.53 bits per heavy atom. The molecule has 2 aromatic carbocycles. The van der Waals surface area contributed by atoms with Crippen molar-refractivity contribution < 1.29 is 4.42 Å². The molecule has 1 heterocycles. The van der Waals surface area contributed by atoms with Crippen molar-refractivity contribution in [3.8, 4) is 17.5 Å². The second kappa shape index (κ2) is 4.58. The van der Waals surface area contributed by atoms with Gasteiger partial charge in [0.25, 0.3) is 0 Å². The molecule has 92 valence electrons. The van der Waals surface area contributed by atoms with E-state index in [1.807, 2.05) is 0 Å². The van der Waals surface area contributed by atoms with E-state index in [4.69, 9.17) is 32.9 Å². The Hall–Kier alpha value is -2.02. The summed E-state index contributed by atoms with van der Waals surface area (Å²) in [4.78, 5) is 4.34. The number of benzene rings is 2.